The Kier molecular flexibility index (Phi) is 4.32. The molecule has 2 aliphatic rings. The number of piperidine rings is 1. The van der Waals surface area contributed by atoms with Crippen molar-refractivity contribution in [1.29, 1.82) is 0 Å². The van der Waals surface area contributed by atoms with Gasteiger partial charge < -0.3 is 9.45 Å². The van der Waals surface area contributed by atoms with Crippen molar-refractivity contribution in [2.24, 2.45) is 0 Å². The summed E-state index contributed by atoms with van der Waals surface area (Å²) < 4.78 is 23.1. The monoisotopic (exact) mass is 246 g/mol. The van der Waals surface area contributed by atoms with Crippen LogP contribution in [0.3, 0.4) is 0 Å². The molecule has 1 unspecified atom stereocenters. The molecule has 0 radical (unpaired) electrons. The molecule has 0 aliphatic carbocycles. The molecule has 16 heavy (non-hydrogen) atoms. The standard InChI is InChI=1S/C10H21N3O2S/c1-11-4-2-10(3-5-11)12-6-8-13(9-7-12)16(14)15/h10H,2-9H2,1H3,(H,14,15)/p-1. The second-order valence-corrected chi connectivity index (χ2v) is 5.67. The van der Waals surface area contributed by atoms with E-state index in [2.05, 4.69) is 16.8 Å². The van der Waals surface area contributed by atoms with Crippen LogP contribution < -0.4 is 0 Å². The molecule has 1 atom stereocenters. The van der Waals surface area contributed by atoms with E-state index in [0.717, 1.165) is 13.1 Å². The van der Waals surface area contributed by atoms with E-state index in [1.807, 2.05) is 0 Å². The highest BCUT2D eigenvalue weighted by Crippen LogP contribution is 2.17. The molecule has 6 heteroatoms. The molecule has 2 aliphatic heterocycles. The van der Waals surface area contributed by atoms with Gasteiger partial charge in [-0.15, -0.1) is 0 Å². The predicted molar refractivity (Wildman–Crippen MR) is 62.6 cm³/mol. The summed E-state index contributed by atoms with van der Waals surface area (Å²) in [6, 6.07) is 0.665. The molecule has 2 heterocycles. The Morgan fingerprint density at radius 3 is 2.12 bits per heavy atom. The minimum Gasteiger partial charge on any atom is -0.760 e. The minimum atomic E-state index is -2.03. The molecule has 0 aromatic rings. The maximum Gasteiger partial charge on any atom is 0.0231 e. The van der Waals surface area contributed by atoms with E-state index in [-0.39, 0.29) is 0 Å². The van der Waals surface area contributed by atoms with Gasteiger partial charge in [0, 0.05) is 43.5 Å². The summed E-state index contributed by atoms with van der Waals surface area (Å²) in [5, 5.41) is 0. The molecule has 0 aromatic heterocycles. The van der Waals surface area contributed by atoms with Crippen LogP contribution in [0.15, 0.2) is 0 Å². The van der Waals surface area contributed by atoms with Gasteiger partial charge >= 0.3 is 0 Å². The van der Waals surface area contributed by atoms with Crippen molar-refractivity contribution >= 4 is 11.3 Å². The third kappa shape index (κ3) is 3.01. The average Bonchev–Trinajstić information content (AvgIpc) is 2.30. The summed E-state index contributed by atoms with van der Waals surface area (Å²) >= 11 is -2.03. The van der Waals surface area contributed by atoms with Crippen LogP contribution in [0.2, 0.25) is 0 Å². The van der Waals surface area contributed by atoms with Gasteiger partial charge in [0.05, 0.1) is 0 Å². The number of likely N-dealkylation sites (tertiary alicyclic amines) is 1. The van der Waals surface area contributed by atoms with Gasteiger partial charge in [0.15, 0.2) is 0 Å². The molecular formula is C10H20N3O2S-. The Morgan fingerprint density at radius 2 is 1.62 bits per heavy atom. The first-order valence-electron chi connectivity index (χ1n) is 5.94. The average molecular weight is 246 g/mol. The van der Waals surface area contributed by atoms with Gasteiger partial charge in [-0.05, 0) is 33.0 Å². The van der Waals surface area contributed by atoms with E-state index in [1.165, 1.54) is 30.2 Å². The van der Waals surface area contributed by atoms with Gasteiger partial charge in [0.25, 0.3) is 0 Å². The zero-order valence-corrected chi connectivity index (χ0v) is 10.6. The Balaban J connectivity index is 1.78. The zero-order chi connectivity index (χ0) is 11.5. The highest BCUT2D eigenvalue weighted by atomic mass is 32.2. The second kappa shape index (κ2) is 5.55. The summed E-state index contributed by atoms with van der Waals surface area (Å²) in [5.41, 5.74) is 0. The largest absolute Gasteiger partial charge is 0.760 e. The molecule has 0 saturated carbocycles. The molecule has 2 fully saturated rings. The van der Waals surface area contributed by atoms with Crippen molar-refractivity contribution in [2.45, 2.75) is 18.9 Å². The Bertz CT molecular complexity index is 248. The van der Waals surface area contributed by atoms with Gasteiger partial charge in [-0.25, -0.2) is 4.31 Å². The molecule has 0 spiro atoms. The third-order valence-electron chi connectivity index (χ3n) is 3.69. The summed E-state index contributed by atoms with van der Waals surface area (Å²) in [5.74, 6) is 0. The van der Waals surface area contributed by atoms with Crippen LogP contribution in [0.4, 0.5) is 0 Å². The molecule has 0 N–H and O–H groups in total. The van der Waals surface area contributed by atoms with Crippen molar-refractivity contribution in [3.63, 3.8) is 0 Å². The Labute approximate surface area is 99.8 Å². The van der Waals surface area contributed by atoms with Gasteiger partial charge in [0.1, 0.15) is 0 Å². The molecule has 94 valence electrons. The quantitative estimate of drug-likeness (QED) is 0.616. The van der Waals surface area contributed by atoms with Crippen LogP contribution >= 0.6 is 0 Å². The molecule has 0 amide bonds. The van der Waals surface area contributed by atoms with Crippen molar-refractivity contribution in [1.82, 2.24) is 14.1 Å². The van der Waals surface area contributed by atoms with Gasteiger partial charge in [0.2, 0.25) is 0 Å². The van der Waals surface area contributed by atoms with Crippen molar-refractivity contribution in [3.8, 4) is 0 Å². The first-order chi connectivity index (χ1) is 7.66. The van der Waals surface area contributed by atoms with Crippen LogP contribution in [0.25, 0.3) is 0 Å². The number of nitrogens with zero attached hydrogens (tertiary/aromatic N) is 3. The second-order valence-electron chi connectivity index (χ2n) is 4.72. The SMILES string of the molecule is CN1CCC(N2CCN(S(=O)[O-])CC2)CC1. The summed E-state index contributed by atoms with van der Waals surface area (Å²) in [7, 11) is 2.16. The molecule has 0 bridgehead atoms. The normalized spacial score (nSPS) is 29.4. The number of rotatable bonds is 2. The topological polar surface area (TPSA) is 49.8 Å². The van der Waals surface area contributed by atoms with E-state index < -0.39 is 11.3 Å². The lowest BCUT2D eigenvalue weighted by Gasteiger charge is -2.42. The maximum absolute atomic E-state index is 10.8. The first kappa shape index (κ1) is 12.4. The van der Waals surface area contributed by atoms with Crippen molar-refractivity contribution < 1.29 is 8.76 Å². The summed E-state index contributed by atoms with van der Waals surface area (Å²) in [4.78, 5) is 4.82. The number of piperazine rings is 1. The third-order valence-corrected chi connectivity index (χ3v) is 4.48. The maximum atomic E-state index is 10.8. The minimum absolute atomic E-state index is 0.655. The lowest BCUT2D eigenvalue weighted by molar-refractivity contribution is 0.0886. The van der Waals surface area contributed by atoms with Crippen molar-refractivity contribution in [3.05, 3.63) is 0 Å². The van der Waals surface area contributed by atoms with Crippen LogP contribution in [0.1, 0.15) is 12.8 Å². The van der Waals surface area contributed by atoms with E-state index in [4.69, 9.17) is 0 Å². The molecular weight excluding hydrogens is 226 g/mol. The first-order valence-corrected chi connectivity index (χ1v) is 6.97. The van der Waals surface area contributed by atoms with Gasteiger partial charge in [-0.2, -0.15) is 0 Å². The molecule has 2 rings (SSSR count). The summed E-state index contributed by atoms with van der Waals surface area (Å²) in [6.07, 6.45) is 2.44. The van der Waals surface area contributed by atoms with Gasteiger partial charge in [-0.1, -0.05) is 0 Å². The van der Waals surface area contributed by atoms with Gasteiger partial charge in [-0.3, -0.25) is 9.11 Å². The fourth-order valence-corrected chi connectivity index (χ4v) is 3.04. The van der Waals surface area contributed by atoms with Crippen molar-refractivity contribution in [2.75, 3.05) is 46.3 Å². The fraction of sp³-hybridized carbons (Fsp3) is 1.00. The number of hydrogen-bond donors (Lipinski definition) is 0. The van der Waals surface area contributed by atoms with E-state index in [1.54, 1.807) is 0 Å². The number of hydrogen-bond acceptors (Lipinski definition) is 4. The smallest absolute Gasteiger partial charge is 0.0231 e. The lowest BCUT2D eigenvalue weighted by atomic mass is 10.0. The van der Waals surface area contributed by atoms with E-state index in [9.17, 15) is 8.76 Å². The van der Waals surface area contributed by atoms with E-state index >= 15 is 0 Å². The van der Waals surface area contributed by atoms with Crippen LogP contribution in [-0.4, -0.2) is 75.2 Å². The van der Waals surface area contributed by atoms with Crippen LogP contribution in [-0.2, 0) is 11.3 Å². The fourth-order valence-electron chi connectivity index (χ4n) is 2.58. The zero-order valence-electron chi connectivity index (χ0n) is 9.80. The Morgan fingerprint density at radius 1 is 1.06 bits per heavy atom. The molecule has 2 saturated heterocycles. The molecule has 5 nitrogen and oxygen atoms in total. The van der Waals surface area contributed by atoms with Crippen LogP contribution in [0, 0.1) is 0 Å². The molecule has 0 aromatic carbocycles. The summed E-state index contributed by atoms with van der Waals surface area (Å²) in [6.45, 7) is 5.42. The van der Waals surface area contributed by atoms with Crippen LogP contribution in [0.5, 0.6) is 0 Å². The lowest BCUT2D eigenvalue weighted by Crippen LogP contribution is -2.53. The highest BCUT2D eigenvalue weighted by Gasteiger charge is 2.26. The highest BCUT2D eigenvalue weighted by molar-refractivity contribution is 7.76. The predicted octanol–water partition coefficient (Wildman–Crippen LogP) is -0.508. The van der Waals surface area contributed by atoms with E-state index in [0.29, 0.717) is 19.1 Å². The Hall–Kier alpha value is -0.0100.